The molecule has 1 atom stereocenters. The van der Waals surface area contributed by atoms with Crippen LogP contribution in [0, 0.1) is 5.82 Å². The first-order valence-electron chi connectivity index (χ1n) is 6.69. The van der Waals surface area contributed by atoms with Crippen LogP contribution in [-0.4, -0.2) is 10.9 Å². The summed E-state index contributed by atoms with van der Waals surface area (Å²) in [5.74, 6) is 0.353. The maximum Gasteiger partial charge on any atom is 0.126 e. The highest BCUT2D eigenvalue weighted by atomic mass is 32.2. The van der Waals surface area contributed by atoms with Crippen LogP contribution in [0.5, 0.6) is 5.75 Å². The van der Waals surface area contributed by atoms with Gasteiger partial charge in [-0.3, -0.25) is 0 Å². The fraction of sp³-hybridized carbons (Fsp3) is 0.176. The Balaban J connectivity index is 2.19. The summed E-state index contributed by atoms with van der Waals surface area (Å²) < 4.78 is 13.0. The Hall–Kier alpha value is -1.94. The highest BCUT2D eigenvalue weighted by Crippen LogP contribution is 2.32. The lowest BCUT2D eigenvalue weighted by Crippen LogP contribution is -2.07. The molecule has 4 heteroatoms. The standard InChI is InChI=1S/C17H18FNOS/c1-3-10-21-17-7-5-4-6-15(17)19-12(2)14-9-8-13(18)11-16(14)20/h3-9,11-12,19-20H,1,10H2,2H3. The van der Waals surface area contributed by atoms with Crippen molar-refractivity contribution in [1.29, 1.82) is 0 Å². The minimum Gasteiger partial charge on any atom is -0.507 e. The van der Waals surface area contributed by atoms with Crippen molar-refractivity contribution in [3.05, 3.63) is 66.5 Å². The fourth-order valence-electron chi connectivity index (χ4n) is 2.05. The lowest BCUT2D eigenvalue weighted by atomic mass is 10.1. The normalized spacial score (nSPS) is 11.9. The molecule has 110 valence electrons. The number of hydrogen-bond acceptors (Lipinski definition) is 3. The number of halogens is 1. The number of para-hydroxylation sites is 1. The van der Waals surface area contributed by atoms with E-state index in [2.05, 4.69) is 11.9 Å². The third-order valence-corrected chi connectivity index (χ3v) is 4.14. The molecule has 0 aliphatic rings. The van der Waals surface area contributed by atoms with Crippen molar-refractivity contribution >= 4 is 17.4 Å². The largest absolute Gasteiger partial charge is 0.507 e. The second-order valence-corrected chi connectivity index (χ2v) is 5.73. The van der Waals surface area contributed by atoms with Crippen LogP contribution >= 0.6 is 11.8 Å². The SMILES string of the molecule is C=CCSc1ccccc1NC(C)c1ccc(F)cc1O. The van der Waals surface area contributed by atoms with Gasteiger partial charge in [-0.25, -0.2) is 4.39 Å². The Bertz CT molecular complexity index is 630. The molecule has 0 bridgehead atoms. The van der Waals surface area contributed by atoms with Crippen molar-refractivity contribution < 1.29 is 9.50 Å². The van der Waals surface area contributed by atoms with E-state index in [0.717, 1.165) is 22.4 Å². The van der Waals surface area contributed by atoms with E-state index in [1.165, 1.54) is 6.07 Å². The summed E-state index contributed by atoms with van der Waals surface area (Å²) in [4.78, 5) is 1.12. The van der Waals surface area contributed by atoms with Crippen LogP contribution in [0.4, 0.5) is 10.1 Å². The van der Waals surface area contributed by atoms with E-state index in [1.54, 1.807) is 17.8 Å². The van der Waals surface area contributed by atoms with E-state index >= 15 is 0 Å². The summed E-state index contributed by atoms with van der Waals surface area (Å²) in [5, 5.41) is 13.2. The summed E-state index contributed by atoms with van der Waals surface area (Å²) in [5.41, 5.74) is 1.65. The molecule has 0 amide bonds. The Labute approximate surface area is 128 Å². The average molecular weight is 303 g/mol. The molecule has 0 heterocycles. The smallest absolute Gasteiger partial charge is 0.126 e. The van der Waals surface area contributed by atoms with Gasteiger partial charge in [0.1, 0.15) is 11.6 Å². The van der Waals surface area contributed by atoms with Crippen LogP contribution in [0.3, 0.4) is 0 Å². The van der Waals surface area contributed by atoms with Crippen molar-refractivity contribution in [3.8, 4) is 5.75 Å². The van der Waals surface area contributed by atoms with Gasteiger partial charge in [0.05, 0.1) is 6.04 Å². The summed E-state index contributed by atoms with van der Waals surface area (Å²) in [6.07, 6.45) is 1.86. The van der Waals surface area contributed by atoms with E-state index in [0.29, 0.717) is 5.56 Å². The number of rotatable bonds is 6. The molecule has 2 rings (SSSR count). The summed E-state index contributed by atoms with van der Waals surface area (Å²) >= 11 is 1.69. The third-order valence-electron chi connectivity index (χ3n) is 3.07. The maximum absolute atomic E-state index is 13.0. The fourth-order valence-corrected chi connectivity index (χ4v) is 2.81. The second-order valence-electron chi connectivity index (χ2n) is 4.67. The van der Waals surface area contributed by atoms with Crippen LogP contribution in [0.1, 0.15) is 18.5 Å². The molecule has 0 fully saturated rings. The van der Waals surface area contributed by atoms with Crippen LogP contribution < -0.4 is 5.32 Å². The van der Waals surface area contributed by atoms with Gasteiger partial charge in [-0.2, -0.15) is 0 Å². The Kier molecular flexibility index (Phi) is 5.28. The number of phenolic OH excluding ortho intramolecular Hbond substituents is 1. The van der Waals surface area contributed by atoms with Crippen LogP contribution in [0.25, 0.3) is 0 Å². The van der Waals surface area contributed by atoms with Gasteiger partial charge in [0, 0.05) is 28.0 Å². The van der Waals surface area contributed by atoms with Crippen LogP contribution in [-0.2, 0) is 0 Å². The first-order valence-corrected chi connectivity index (χ1v) is 7.68. The lowest BCUT2D eigenvalue weighted by Gasteiger charge is -2.19. The van der Waals surface area contributed by atoms with Gasteiger partial charge in [0.25, 0.3) is 0 Å². The molecule has 0 spiro atoms. The molecule has 0 aliphatic carbocycles. The Morgan fingerprint density at radius 3 is 2.81 bits per heavy atom. The van der Waals surface area contributed by atoms with E-state index in [9.17, 15) is 9.50 Å². The number of aromatic hydroxyl groups is 1. The predicted molar refractivity (Wildman–Crippen MR) is 87.5 cm³/mol. The lowest BCUT2D eigenvalue weighted by molar-refractivity contribution is 0.459. The summed E-state index contributed by atoms with van der Waals surface area (Å²) in [6, 6.07) is 11.9. The molecule has 2 N–H and O–H groups in total. The monoisotopic (exact) mass is 303 g/mol. The highest BCUT2D eigenvalue weighted by Gasteiger charge is 2.12. The molecular weight excluding hydrogens is 285 g/mol. The average Bonchev–Trinajstić information content (AvgIpc) is 2.46. The van der Waals surface area contributed by atoms with Gasteiger partial charge in [0.15, 0.2) is 0 Å². The molecule has 0 aliphatic heterocycles. The minimum absolute atomic E-state index is 0.0359. The zero-order valence-corrected chi connectivity index (χ0v) is 12.7. The number of thioether (sulfide) groups is 1. The van der Waals surface area contributed by atoms with Gasteiger partial charge in [-0.05, 0) is 25.1 Å². The van der Waals surface area contributed by atoms with E-state index in [4.69, 9.17) is 0 Å². The number of nitrogens with one attached hydrogen (secondary N) is 1. The Morgan fingerprint density at radius 2 is 2.10 bits per heavy atom. The first-order chi connectivity index (χ1) is 10.1. The maximum atomic E-state index is 13.0. The predicted octanol–water partition coefficient (Wildman–Crippen LogP) is 4.98. The minimum atomic E-state index is -0.439. The number of phenols is 1. The van der Waals surface area contributed by atoms with Crippen molar-refractivity contribution in [2.75, 3.05) is 11.1 Å². The molecule has 1 unspecified atom stereocenters. The molecule has 0 saturated heterocycles. The van der Waals surface area contributed by atoms with E-state index in [1.807, 2.05) is 37.3 Å². The van der Waals surface area contributed by atoms with E-state index < -0.39 is 5.82 Å². The highest BCUT2D eigenvalue weighted by molar-refractivity contribution is 7.99. The first kappa shape index (κ1) is 15.4. The number of hydrogen-bond donors (Lipinski definition) is 2. The number of benzene rings is 2. The topological polar surface area (TPSA) is 32.3 Å². The van der Waals surface area contributed by atoms with Gasteiger partial charge in [-0.15, -0.1) is 18.3 Å². The molecule has 21 heavy (non-hydrogen) atoms. The zero-order valence-electron chi connectivity index (χ0n) is 11.8. The van der Waals surface area contributed by atoms with Crippen molar-refractivity contribution in [2.45, 2.75) is 17.9 Å². The van der Waals surface area contributed by atoms with Crippen molar-refractivity contribution in [2.24, 2.45) is 0 Å². The number of anilines is 1. The molecule has 2 aromatic rings. The third kappa shape index (κ3) is 4.02. The molecule has 0 radical (unpaired) electrons. The van der Waals surface area contributed by atoms with Gasteiger partial charge >= 0.3 is 0 Å². The second kappa shape index (κ2) is 7.18. The molecule has 0 aromatic heterocycles. The van der Waals surface area contributed by atoms with Gasteiger partial charge < -0.3 is 10.4 Å². The molecule has 2 aromatic carbocycles. The Morgan fingerprint density at radius 1 is 1.33 bits per heavy atom. The van der Waals surface area contributed by atoms with Crippen LogP contribution in [0.2, 0.25) is 0 Å². The molecule has 0 saturated carbocycles. The van der Waals surface area contributed by atoms with Crippen molar-refractivity contribution in [1.82, 2.24) is 0 Å². The summed E-state index contributed by atoms with van der Waals surface area (Å²) in [7, 11) is 0. The molecule has 2 nitrogen and oxygen atoms in total. The summed E-state index contributed by atoms with van der Waals surface area (Å²) in [6.45, 7) is 5.66. The molecular formula is C17H18FNOS. The quantitative estimate of drug-likeness (QED) is 0.583. The van der Waals surface area contributed by atoms with Crippen molar-refractivity contribution in [3.63, 3.8) is 0 Å². The van der Waals surface area contributed by atoms with E-state index in [-0.39, 0.29) is 11.8 Å². The van der Waals surface area contributed by atoms with Gasteiger partial charge in [-0.1, -0.05) is 24.3 Å². The zero-order chi connectivity index (χ0) is 15.2. The van der Waals surface area contributed by atoms with Gasteiger partial charge in [0.2, 0.25) is 0 Å². The van der Waals surface area contributed by atoms with Crippen LogP contribution in [0.15, 0.2) is 60.0 Å².